The van der Waals surface area contributed by atoms with Crippen molar-refractivity contribution >= 4 is 5.97 Å². The predicted octanol–water partition coefficient (Wildman–Crippen LogP) is 2.60. The molecular formula is C13H11FN2O2. The number of carboxylic acids is 1. The number of halogens is 1. The molecule has 0 aliphatic heterocycles. The molecule has 0 atom stereocenters. The molecule has 0 spiro atoms. The summed E-state index contributed by atoms with van der Waals surface area (Å²) in [5.74, 6) is -1.12. The van der Waals surface area contributed by atoms with E-state index in [0.29, 0.717) is 17.1 Å². The zero-order chi connectivity index (χ0) is 13.3. The second-order valence-electron chi connectivity index (χ2n) is 3.96. The molecule has 2 aromatic rings. The highest BCUT2D eigenvalue weighted by atomic mass is 19.1. The van der Waals surface area contributed by atoms with E-state index in [-0.39, 0.29) is 11.4 Å². The first kappa shape index (κ1) is 12.2. The molecule has 1 aromatic heterocycles. The lowest BCUT2D eigenvalue weighted by molar-refractivity contribution is 0.0695. The molecule has 0 bridgehead atoms. The van der Waals surface area contributed by atoms with Crippen LogP contribution in [0.1, 0.15) is 21.6 Å². The monoisotopic (exact) mass is 246 g/mol. The standard InChI is InChI=1S/C13H11FN2O2/c1-7-3-4-9(14)5-10(7)12-15-6-11(13(17)18)8(2)16-12/h3-6H,1-2H3,(H,17,18). The number of benzene rings is 1. The number of rotatable bonds is 2. The Kier molecular flexibility index (Phi) is 3.06. The minimum absolute atomic E-state index is 0.0489. The van der Waals surface area contributed by atoms with Gasteiger partial charge in [0.1, 0.15) is 5.82 Å². The molecule has 0 aliphatic rings. The lowest BCUT2D eigenvalue weighted by Crippen LogP contribution is -2.04. The largest absolute Gasteiger partial charge is 0.478 e. The summed E-state index contributed by atoms with van der Waals surface area (Å²) in [6.45, 7) is 3.40. The van der Waals surface area contributed by atoms with Crippen LogP contribution in [0.5, 0.6) is 0 Å². The average Bonchev–Trinajstić information content (AvgIpc) is 2.31. The fraction of sp³-hybridized carbons (Fsp3) is 0.154. The maximum atomic E-state index is 13.2. The summed E-state index contributed by atoms with van der Waals surface area (Å²) in [7, 11) is 0. The van der Waals surface area contributed by atoms with E-state index >= 15 is 0 Å². The maximum absolute atomic E-state index is 13.2. The van der Waals surface area contributed by atoms with Gasteiger partial charge in [-0.05, 0) is 31.5 Å². The van der Waals surface area contributed by atoms with Crippen LogP contribution >= 0.6 is 0 Å². The van der Waals surface area contributed by atoms with Gasteiger partial charge in [-0.2, -0.15) is 0 Å². The van der Waals surface area contributed by atoms with E-state index < -0.39 is 5.97 Å². The third kappa shape index (κ3) is 2.20. The highest BCUT2D eigenvalue weighted by molar-refractivity contribution is 5.88. The molecule has 0 fully saturated rings. The van der Waals surface area contributed by atoms with E-state index in [1.165, 1.54) is 18.3 Å². The number of aryl methyl sites for hydroxylation is 2. The first-order chi connectivity index (χ1) is 8.49. The van der Waals surface area contributed by atoms with Gasteiger partial charge in [-0.3, -0.25) is 0 Å². The van der Waals surface area contributed by atoms with Gasteiger partial charge in [0, 0.05) is 11.8 Å². The van der Waals surface area contributed by atoms with Crippen molar-refractivity contribution < 1.29 is 14.3 Å². The Balaban J connectivity index is 2.55. The Morgan fingerprint density at radius 1 is 1.33 bits per heavy atom. The van der Waals surface area contributed by atoms with E-state index in [1.54, 1.807) is 13.0 Å². The van der Waals surface area contributed by atoms with Crippen LogP contribution in [0.2, 0.25) is 0 Å². The molecule has 0 aliphatic carbocycles. The van der Waals surface area contributed by atoms with Crippen LogP contribution in [-0.4, -0.2) is 21.0 Å². The van der Waals surface area contributed by atoms with E-state index in [9.17, 15) is 9.18 Å². The molecule has 0 saturated carbocycles. The van der Waals surface area contributed by atoms with Crippen LogP contribution < -0.4 is 0 Å². The van der Waals surface area contributed by atoms with Crippen LogP contribution in [0, 0.1) is 19.7 Å². The Bertz CT molecular complexity index is 626. The van der Waals surface area contributed by atoms with Crippen molar-refractivity contribution in [3.63, 3.8) is 0 Å². The van der Waals surface area contributed by atoms with Gasteiger partial charge in [-0.15, -0.1) is 0 Å². The molecule has 2 rings (SSSR count). The number of hydrogen-bond donors (Lipinski definition) is 1. The minimum atomic E-state index is -1.07. The molecule has 1 aromatic carbocycles. The van der Waals surface area contributed by atoms with Gasteiger partial charge in [0.25, 0.3) is 0 Å². The molecule has 0 saturated heterocycles. The van der Waals surface area contributed by atoms with Crippen molar-refractivity contribution in [3.05, 3.63) is 47.0 Å². The van der Waals surface area contributed by atoms with Crippen molar-refractivity contribution in [2.75, 3.05) is 0 Å². The first-order valence-corrected chi connectivity index (χ1v) is 5.32. The van der Waals surface area contributed by atoms with E-state index in [1.807, 2.05) is 6.92 Å². The van der Waals surface area contributed by atoms with E-state index in [4.69, 9.17) is 5.11 Å². The molecule has 18 heavy (non-hydrogen) atoms. The number of carboxylic acid groups (broad SMARTS) is 1. The fourth-order valence-corrected chi connectivity index (χ4v) is 1.64. The van der Waals surface area contributed by atoms with Gasteiger partial charge in [0.15, 0.2) is 5.82 Å². The highest BCUT2D eigenvalue weighted by Crippen LogP contribution is 2.21. The van der Waals surface area contributed by atoms with Gasteiger partial charge in [0.2, 0.25) is 0 Å². The summed E-state index contributed by atoms with van der Waals surface area (Å²) in [5, 5.41) is 8.89. The van der Waals surface area contributed by atoms with Crippen LogP contribution in [0.15, 0.2) is 24.4 Å². The third-order valence-electron chi connectivity index (χ3n) is 2.65. The van der Waals surface area contributed by atoms with Gasteiger partial charge < -0.3 is 5.11 Å². The van der Waals surface area contributed by atoms with Crippen molar-refractivity contribution in [1.82, 2.24) is 9.97 Å². The second-order valence-corrected chi connectivity index (χ2v) is 3.96. The van der Waals surface area contributed by atoms with Crippen LogP contribution in [0.25, 0.3) is 11.4 Å². The lowest BCUT2D eigenvalue weighted by Gasteiger charge is -2.06. The smallest absolute Gasteiger partial charge is 0.339 e. The Morgan fingerprint density at radius 3 is 2.67 bits per heavy atom. The van der Waals surface area contributed by atoms with Crippen molar-refractivity contribution in [3.8, 4) is 11.4 Å². The minimum Gasteiger partial charge on any atom is -0.478 e. The van der Waals surface area contributed by atoms with E-state index in [2.05, 4.69) is 9.97 Å². The highest BCUT2D eigenvalue weighted by Gasteiger charge is 2.12. The summed E-state index contributed by atoms with van der Waals surface area (Å²) < 4.78 is 13.2. The summed E-state index contributed by atoms with van der Waals surface area (Å²) in [5.41, 5.74) is 1.80. The molecule has 92 valence electrons. The van der Waals surface area contributed by atoms with Gasteiger partial charge in [0.05, 0.1) is 11.3 Å². The zero-order valence-electron chi connectivity index (χ0n) is 9.94. The molecule has 4 nitrogen and oxygen atoms in total. The molecular weight excluding hydrogens is 235 g/mol. The summed E-state index contributed by atoms with van der Waals surface area (Å²) in [4.78, 5) is 18.9. The number of aromatic carboxylic acids is 1. The van der Waals surface area contributed by atoms with Crippen molar-refractivity contribution in [2.45, 2.75) is 13.8 Å². The van der Waals surface area contributed by atoms with Crippen LogP contribution in [-0.2, 0) is 0 Å². The summed E-state index contributed by atoms with van der Waals surface area (Å²) in [6, 6.07) is 4.33. The zero-order valence-corrected chi connectivity index (χ0v) is 9.94. The molecule has 1 heterocycles. The predicted molar refractivity (Wildman–Crippen MR) is 63.9 cm³/mol. The van der Waals surface area contributed by atoms with Crippen molar-refractivity contribution in [2.24, 2.45) is 0 Å². The molecule has 0 amide bonds. The molecule has 0 radical (unpaired) electrons. The van der Waals surface area contributed by atoms with Gasteiger partial charge >= 0.3 is 5.97 Å². The van der Waals surface area contributed by atoms with Crippen LogP contribution in [0.3, 0.4) is 0 Å². The van der Waals surface area contributed by atoms with Gasteiger partial charge in [-0.1, -0.05) is 6.07 Å². The second kappa shape index (κ2) is 4.52. The first-order valence-electron chi connectivity index (χ1n) is 5.32. The Labute approximate surface area is 103 Å². The fourth-order valence-electron chi connectivity index (χ4n) is 1.64. The molecule has 5 heteroatoms. The third-order valence-corrected chi connectivity index (χ3v) is 2.65. The summed E-state index contributed by atoms with van der Waals surface area (Å²) in [6.07, 6.45) is 1.24. The number of carbonyl (C=O) groups is 1. The van der Waals surface area contributed by atoms with Crippen molar-refractivity contribution in [1.29, 1.82) is 0 Å². The number of hydrogen-bond acceptors (Lipinski definition) is 3. The van der Waals surface area contributed by atoms with Gasteiger partial charge in [-0.25, -0.2) is 19.2 Å². The SMILES string of the molecule is Cc1ccc(F)cc1-c1ncc(C(=O)O)c(C)n1. The number of nitrogens with zero attached hydrogens (tertiary/aromatic N) is 2. The number of aromatic nitrogens is 2. The molecule has 1 N–H and O–H groups in total. The Hall–Kier alpha value is -2.30. The average molecular weight is 246 g/mol. The molecule has 0 unspecified atom stereocenters. The normalized spacial score (nSPS) is 10.4. The maximum Gasteiger partial charge on any atom is 0.339 e. The summed E-state index contributed by atoms with van der Waals surface area (Å²) >= 11 is 0. The van der Waals surface area contributed by atoms with Crippen LogP contribution in [0.4, 0.5) is 4.39 Å². The lowest BCUT2D eigenvalue weighted by atomic mass is 10.1. The van der Waals surface area contributed by atoms with E-state index in [0.717, 1.165) is 5.56 Å². The quantitative estimate of drug-likeness (QED) is 0.884. The topological polar surface area (TPSA) is 63.1 Å². The Morgan fingerprint density at radius 2 is 2.06 bits per heavy atom.